The van der Waals surface area contributed by atoms with E-state index in [1.807, 2.05) is 37.3 Å². The lowest BCUT2D eigenvalue weighted by Gasteiger charge is -2.16. The monoisotopic (exact) mass is 522 g/mol. The third-order valence-corrected chi connectivity index (χ3v) is 8.45. The molecule has 4 rings (SSSR count). The number of carbonyl (C=O) groups excluding carboxylic acids is 1. The van der Waals surface area contributed by atoms with Crippen LogP contribution in [0.15, 0.2) is 81.6 Å². The van der Waals surface area contributed by atoms with Crippen LogP contribution in [0, 0.1) is 13.8 Å². The molecule has 3 aromatic carbocycles. The molecule has 0 spiro atoms. The van der Waals surface area contributed by atoms with Gasteiger partial charge in [-0.05, 0) is 55.3 Å². The van der Waals surface area contributed by atoms with Crippen molar-refractivity contribution >= 4 is 44.3 Å². The van der Waals surface area contributed by atoms with E-state index in [1.165, 1.54) is 30.8 Å². The van der Waals surface area contributed by atoms with Gasteiger partial charge in [0.05, 0.1) is 27.2 Å². The van der Waals surface area contributed by atoms with Crippen molar-refractivity contribution in [3.05, 3.63) is 88.2 Å². The molecule has 0 aliphatic rings. The van der Waals surface area contributed by atoms with Gasteiger partial charge in [-0.2, -0.15) is 0 Å². The highest BCUT2D eigenvalue weighted by Gasteiger charge is 2.20. The number of anilines is 1. The third kappa shape index (κ3) is 5.06. The minimum Gasteiger partial charge on any atom is -0.325 e. The van der Waals surface area contributed by atoms with E-state index in [9.17, 15) is 18.0 Å². The van der Waals surface area contributed by atoms with Gasteiger partial charge in [-0.1, -0.05) is 48.2 Å². The van der Waals surface area contributed by atoms with Gasteiger partial charge < -0.3 is 5.32 Å². The molecule has 186 valence electrons. The number of aromatic nitrogens is 2. The smallest absolute Gasteiger partial charge is 0.266 e. The summed E-state index contributed by atoms with van der Waals surface area (Å²) in [6.45, 7) is 3.70. The summed E-state index contributed by atoms with van der Waals surface area (Å²) in [7, 11) is -0.738. The molecule has 1 N–H and O–H groups in total. The molecule has 0 aliphatic heterocycles. The van der Waals surface area contributed by atoms with Crippen molar-refractivity contribution in [2.24, 2.45) is 0 Å². The molecular formula is C26H26N4O4S2. The fourth-order valence-corrected chi connectivity index (χ4v) is 5.39. The van der Waals surface area contributed by atoms with Gasteiger partial charge in [-0.25, -0.2) is 17.7 Å². The molecule has 4 aromatic rings. The fraction of sp³-hybridized carbons (Fsp3) is 0.192. The highest BCUT2D eigenvalue weighted by atomic mass is 32.2. The van der Waals surface area contributed by atoms with Gasteiger partial charge in [-0.15, -0.1) is 0 Å². The van der Waals surface area contributed by atoms with E-state index in [-0.39, 0.29) is 22.1 Å². The molecule has 0 unspecified atom stereocenters. The Balaban J connectivity index is 1.65. The van der Waals surface area contributed by atoms with Crippen molar-refractivity contribution in [3.8, 4) is 5.69 Å². The van der Waals surface area contributed by atoms with Crippen LogP contribution in [0.25, 0.3) is 16.6 Å². The quantitative estimate of drug-likeness (QED) is 0.291. The molecule has 0 bridgehead atoms. The normalized spacial score (nSPS) is 11.7. The Bertz CT molecular complexity index is 1630. The Kier molecular flexibility index (Phi) is 7.30. The van der Waals surface area contributed by atoms with Gasteiger partial charge in [0.15, 0.2) is 5.16 Å². The number of hydrogen-bond acceptors (Lipinski definition) is 6. The standard InChI is InChI=1S/C26H26N4O4S2/c1-17-13-14-19(36(33,34)29(3)4)15-22(17)27-24(31)16-35-26-28-21-11-7-6-10-20(21)25(32)30(26)23-12-8-5-9-18(23)2/h5-15H,16H2,1-4H3,(H,27,31). The van der Waals surface area contributed by atoms with Crippen LogP contribution < -0.4 is 10.9 Å². The van der Waals surface area contributed by atoms with Crippen molar-refractivity contribution in [3.63, 3.8) is 0 Å². The number of thioether (sulfide) groups is 1. The second kappa shape index (κ2) is 10.3. The molecule has 1 aromatic heterocycles. The second-order valence-corrected chi connectivity index (χ2v) is 11.5. The highest BCUT2D eigenvalue weighted by Crippen LogP contribution is 2.25. The number of para-hydroxylation sites is 2. The first-order valence-electron chi connectivity index (χ1n) is 11.1. The number of sulfonamides is 1. The summed E-state index contributed by atoms with van der Waals surface area (Å²) in [4.78, 5) is 31.1. The number of amides is 1. The van der Waals surface area contributed by atoms with Gasteiger partial charge in [-0.3, -0.25) is 14.2 Å². The average Bonchev–Trinajstić information content (AvgIpc) is 2.85. The Morgan fingerprint density at radius 1 is 1.00 bits per heavy atom. The van der Waals surface area contributed by atoms with E-state index in [0.29, 0.717) is 27.4 Å². The van der Waals surface area contributed by atoms with Crippen molar-refractivity contribution in [2.45, 2.75) is 23.9 Å². The number of aryl methyl sites for hydroxylation is 2. The summed E-state index contributed by atoms with van der Waals surface area (Å²) in [5.41, 5.74) is 3.07. The van der Waals surface area contributed by atoms with Crippen LogP contribution in [0.3, 0.4) is 0 Å². The molecule has 10 heteroatoms. The topological polar surface area (TPSA) is 101 Å². The van der Waals surface area contributed by atoms with Crippen LogP contribution in [0.4, 0.5) is 5.69 Å². The fourth-order valence-electron chi connectivity index (χ4n) is 3.66. The Labute approximate surface area is 214 Å². The van der Waals surface area contributed by atoms with Crippen molar-refractivity contribution in [1.29, 1.82) is 0 Å². The number of nitrogens with one attached hydrogen (secondary N) is 1. The number of rotatable bonds is 7. The number of hydrogen-bond donors (Lipinski definition) is 1. The zero-order valence-electron chi connectivity index (χ0n) is 20.3. The highest BCUT2D eigenvalue weighted by molar-refractivity contribution is 7.99. The van der Waals surface area contributed by atoms with Gasteiger partial charge in [0.1, 0.15) is 0 Å². The van der Waals surface area contributed by atoms with Crippen LogP contribution in [-0.4, -0.2) is 48.0 Å². The predicted octanol–water partition coefficient (Wildman–Crippen LogP) is 3.98. The predicted molar refractivity (Wildman–Crippen MR) is 143 cm³/mol. The van der Waals surface area contributed by atoms with Gasteiger partial charge in [0.2, 0.25) is 15.9 Å². The lowest BCUT2D eigenvalue weighted by Crippen LogP contribution is -2.24. The van der Waals surface area contributed by atoms with E-state index in [2.05, 4.69) is 10.3 Å². The molecule has 8 nitrogen and oxygen atoms in total. The molecule has 0 atom stereocenters. The van der Waals surface area contributed by atoms with E-state index >= 15 is 0 Å². The maximum absolute atomic E-state index is 13.4. The third-order valence-electron chi connectivity index (χ3n) is 5.70. The molecular weight excluding hydrogens is 496 g/mol. The summed E-state index contributed by atoms with van der Waals surface area (Å²) >= 11 is 1.14. The van der Waals surface area contributed by atoms with Crippen molar-refractivity contribution in [2.75, 3.05) is 25.2 Å². The summed E-state index contributed by atoms with van der Waals surface area (Å²) in [5.74, 6) is -0.373. The SMILES string of the molecule is Cc1ccc(S(=O)(=O)N(C)C)cc1NC(=O)CSc1nc2ccccc2c(=O)n1-c1ccccc1C. The van der Waals surface area contributed by atoms with Gasteiger partial charge in [0.25, 0.3) is 5.56 Å². The Hall–Kier alpha value is -3.47. The van der Waals surface area contributed by atoms with E-state index in [4.69, 9.17) is 0 Å². The molecule has 1 heterocycles. The zero-order chi connectivity index (χ0) is 26.0. The first-order chi connectivity index (χ1) is 17.1. The molecule has 0 saturated heterocycles. The largest absolute Gasteiger partial charge is 0.325 e. The number of carbonyl (C=O) groups is 1. The summed E-state index contributed by atoms with van der Waals surface area (Å²) in [6, 6.07) is 19.2. The summed E-state index contributed by atoms with van der Waals surface area (Å²) in [6.07, 6.45) is 0. The first kappa shape index (κ1) is 25.6. The van der Waals surface area contributed by atoms with Crippen molar-refractivity contribution < 1.29 is 13.2 Å². The molecule has 0 saturated carbocycles. The van der Waals surface area contributed by atoms with Crippen LogP contribution in [-0.2, 0) is 14.8 Å². The van der Waals surface area contributed by atoms with Crippen LogP contribution in [0.1, 0.15) is 11.1 Å². The van der Waals surface area contributed by atoms with Crippen LogP contribution in [0.5, 0.6) is 0 Å². The lowest BCUT2D eigenvalue weighted by atomic mass is 10.2. The molecule has 36 heavy (non-hydrogen) atoms. The van der Waals surface area contributed by atoms with Crippen LogP contribution in [0.2, 0.25) is 0 Å². The average molecular weight is 523 g/mol. The summed E-state index contributed by atoms with van der Waals surface area (Å²) < 4.78 is 27.7. The molecule has 0 radical (unpaired) electrons. The van der Waals surface area contributed by atoms with E-state index in [0.717, 1.165) is 27.2 Å². The molecule has 0 fully saturated rings. The maximum Gasteiger partial charge on any atom is 0.266 e. The number of fused-ring (bicyclic) bond motifs is 1. The second-order valence-electron chi connectivity index (χ2n) is 8.44. The van der Waals surface area contributed by atoms with E-state index in [1.54, 1.807) is 31.2 Å². The van der Waals surface area contributed by atoms with Crippen molar-refractivity contribution in [1.82, 2.24) is 13.9 Å². The zero-order valence-corrected chi connectivity index (χ0v) is 22.0. The molecule has 0 aliphatic carbocycles. The minimum absolute atomic E-state index is 0.0270. The maximum atomic E-state index is 13.4. The lowest BCUT2D eigenvalue weighted by molar-refractivity contribution is -0.113. The van der Waals surface area contributed by atoms with Crippen LogP contribution >= 0.6 is 11.8 Å². The molecule has 1 amide bonds. The Morgan fingerprint density at radius 2 is 1.69 bits per heavy atom. The van der Waals surface area contributed by atoms with Gasteiger partial charge >= 0.3 is 0 Å². The first-order valence-corrected chi connectivity index (χ1v) is 13.6. The van der Waals surface area contributed by atoms with Gasteiger partial charge in [0, 0.05) is 19.8 Å². The summed E-state index contributed by atoms with van der Waals surface area (Å²) in [5, 5.41) is 3.68. The minimum atomic E-state index is -3.64. The number of nitrogens with zero attached hydrogens (tertiary/aromatic N) is 3. The Morgan fingerprint density at radius 3 is 2.42 bits per heavy atom. The number of benzene rings is 3. The van der Waals surface area contributed by atoms with E-state index < -0.39 is 10.0 Å².